The summed E-state index contributed by atoms with van der Waals surface area (Å²) in [6.45, 7) is 0.936. The van der Waals surface area contributed by atoms with E-state index in [1.54, 1.807) is 0 Å². The summed E-state index contributed by atoms with van der Waals surface area (Å²) in [5.41, 5.74) is 10.2. The molecule has 13 heavy (non-hydrogen) atoms. The van der Waals surface area contributed by atoms with Gasteiger partial charge in [-0.05, 0) is 19.4 Å². The van der Waals surface area contributed by atoms with Crippen LogP contribution in [-0.2, 0) is 9.59 Å². The van der Waals surface area contributed by atoms with Gasteiger partial charge in [-0.3, -0.25) is 9.59 Å². The Labute approximate surface area is 77.8 Å². The van der Waals surface area contributed by atoms with Gasteiger partial charge >= 0.3 is 0 Å². The Morgan fingerprint density at radius 2 is 1.85 bits per heavy atom. The van der Waals surface area contributed by atoms with Crippen molar-refractivity contribution in [3.8, 4) is 0 Å². The van der Waals surface area contributed by atoms with Gasteiger partial charge in [-0.2, -0.15) is 0 Å². The number of nitrogens with two attached hydrogens (primary N) is 2. The van der Waals surface area contributed by atoms with Gasteiger partial charge in [0.25, 0.3) is 0 Å². The second-order valence-corrected chi connectivity index (χ2v) is 2.81. The average molecular weight is 187 g/mol. The van der Waals surface area contributed by atoms with Crippen molar-refractivity contribution in [3.63, 3.8) is 0 Å². The van der Waals surface area contributed by atoms with Crippen LogP contribution in [-0.4, -0.2) is 24.9 Å². The highest BCUT2D eigenvalue weighted by Gasteiger charge is 2.00. The molecule has 0 aliphatic carbocycles. The lowest BCUT2D eigenvalue weighted by Gasteiger charge is -2.02. The molecular formula is C8H17N3O2. The van der Waals surface area contributed by atoms with Crippen molar-refractivity contribution in [2.24, 2.45) is 11.5 Å². The number of carbonyl (C=O) groups is 2. The van der Waals surface area contributed by atoms with Gasteiger partial charge in [-0.15, -0.1) is 0 Å². The van der Waals surface area contributed by atoms with Gasteiger partial charge < -0.3 is 16.8 Å². The van der Waals surface area contributed by atoms with Crippen molar-refractivity contribution in [2.45, 2.75) is 25.7 Å². The first-order valence-electron chi connectivity index (χ1n) is 4.42. The molecule has 5 nitrogen and oxygen atoms in total. The first-order chi connectivity index (χ1) is 6.16. The predicted octanol–water partition coefficient (Wildman–Crippen LogP) is -0.893. The van der Waals surface area contributed by atoms with Gasteiger partial charge in [0, 0.05) is 19.4 Å². The fourth-order valence-electron chi connectivity index (χ4n) is 0.843. The largest absolute Gasteiger partial charge is 0.370 e. The fourth-order valence-corrected chi connectivity index (χ4v) is 0.843. The Morgan fingerprint density at radius 3 is 2.38 bits per heavy atom. The molecule has 0 rings (SSSR count). The minimum absolute atomic E-state index is 0.0466. The van der Waals surface area contributed by atoms with E-state index in [1.807, 2.05) is 0 Å². The SMILES string of the molecule is NCCCCC(=O)NCCC(N)=O. The number of amides is 2. The van der Waals surface area contributed by atoms with E-state index in [9.17, 15) is 9.59 Å². The molecule has 0 aromatic heterocycles. The molecule has 0 saturated heterocycles. The van der Waals surface area contributed by atoms with Crippen molar-refractivity contribution in [1.29, 1.82) is 0 Å². The highest BCUT2D eigenvalue weighted by molar-refractivity contribution is 5.77. The third-order valence-electron chi connectivity index (χ3n) is 1.55. The number of rotatable bonds is 7. The number of nitrogens with one attached hydrogen (secondary N) is 1. The molecule has 5 N–H and O–H groups in total. The van der Waals surface area contributed by atoms with Crippen LogP contribution in [0.3, 0.4) is 0 Å². The topological polar surface area (TPSA) is 98.2 Å². The summed E-state index contributed by atoms with van der Waals surface area (Å²) in [6, 6.07) is 0. The molecule has 0 atom stereocenters. The molecule has 0 unspecified atom stereocenters. The first-order valence-corrected chi connectivity index (χ1v) is 4.42. The quantitative estimate of drug-likeness (QED) is 0.451. The third kappa shape index (κ3) is 8.81. The summed E-state index contributed by atoms with van der Waals surface area (Å²) in [4.78, 5) is 21.3. The molecule has 0 heterocycles. The summed E-state index contributed by atoms with van der Waals surface area (Å²) in [5, 5.41) is 2.59. The summed E-state index contributed by atoms with van der Waals surface area (Å²) in [7, 11) is 0. The van der Waals surface area contributed by atoms with Crippen molar-refractivity contribution in [1.82, 2.24) is 5.32 Å². The minimum atomic E-state index is -0.401. The van der Waals surface area contributed by atoms with Crippen molar-refractivity contribution in [2.75, 3.05) is 13.1 Å². The summed E-state index contributed by atoms with van der Waals surface area (Å²) < 4.78 is 0. The maximum Gasteiger partial charge on any atom is 0.220 e. The second-order valence-electron chi connectivity index (χ2n) is 2.81. The number of hydrogen-bond acceptors (Lipinski definition) is 3. The Hall–Kier alpha value is -1.10. The van der Waals surface area contributed by atoms with Crippen molar-refractivity contribution >= 4 is 11.8 Å². The van der Waals surface area contributed by atoms with Crippen LogP contribution in [0.2, 0.25) is 0 Å². The van der Waals surface area contributed by atoms with Crippen molar-refractivity contribution in [3.05, 3.63) is 0 Å². The van der Waals surface area contributed by atoms with E-state index in [0.717, 1.165) is 12.8 Å². The Balaban J connectivity index is 3.25. The normalized spacial score (nSPS) is 9.62. The molecule has 0 fully saturated rings. The zero-order valence-corrected chi connectivity index (χ0v) is 7.71. The van der Waals surface area contributed by atoms with Gasteiger partial charge in [0.05, 0.1) is 0 Å². The zero-order valence-electron chi connectivity index (χ0n) is 7.71. The van der Waals surface area contributed by atoms with E-state index in [-0.39, 0.29) is 12.3 Å². The van der Waals surface area contributed by atoms with E-state index in [4.69, 9.17) is 11.5 Å². The molecule has 76 valence electrons. The van der Waals surface area contributed by atoms with E-state index in [1.165, 1.54) is 0 Å². The van der Waals surface area contributed by atoms with Crippen LogP contribution in [0.5, 0.6) is 0 Å². The Morgan fingerprint density at radius 1 is 1.15 bits per heavy atom. The molecule has 0 bridgehead atoms. The van der Waals surface area contributed by atoms with Gasteiger partial charge in [-0.25, -0.2) is 0 Å². The molecule has 0 radical (unpaired) electrons. The molecule has 0 aromatic carbocycles. The fraction of sp³-hybridized carbons (Fsp3) is 0.750. The lowest BCUT2D eigenvalue weighted by atomic mass is 10.2. The van der Waals surface area contributed by atoms with E-state index in [2.05, 4.69) is 5.32 Å². The number of hydrogen-bond donors (Lipinski definition) is 3. The smallest absolute Gasteiger partial charge is 0.220 e. The summed E-state index contributed by atoms with van der Waals surface area (Å²) in [5.74, 6) is -0.447. The van der Waals surface area contributed by atoms with Crippen LogP contribution in [0, 0.1) is 0 Å². The van der Waals surface area contributed by atoms with E-state index in [0.29, 0.717) is 19.5 Å². The predicted molar refractivity (Wildman–Crippen MR) is 49.7 cm³/mol. The first kappa shape index (κ1) is 11.9. The lowest BCUT2D eigenvalue weighted by molar-refractivity contribution is -0.121. The van der Waals surface area contributed by atoms with Crippen LogP contribution in [0.4, 0.5) is 0 Å². The van der Waals surface area contributed by atoms with E-state index >= 15 is 0 Å². The maximum atomic E-state index is 11.0. The molecular weight excluding hydrogens is 170 g/mol. The van der Waals surface area contributed by atoms with Crippen molar-refractivity contribution < 1.29 is 9.59 Å². The van der Waals surface area contributed by atoms with Crippen LogP contribution >= 0.6 is 0 Å². The van der Waals surface area contributed by atoms with Crippen LogP contribution in [0.25, 0.3) is 0 Å². The molecule has 5 heteroatoms. The lowest BCUT2D eigenvalue weighted by Crippen LogP contribution is -2.27. The van der Waals surface area contributed by atoms with Gasteiger partial charge in [0.15, 0.2) is 0 Å². The summed E-state index contributed by atoms with van der Waals surface area (Å²) in [6.07, 6.45) is 2.31. The standard InChI is InChI=1S/C8H17N3O2/c9-5-2-1-3-8(13)11-6-4-7(10)12/h1-6,9H2,(H2,10,12)(H,11,13). The molecule has 2 amide bonds. The highest BCUT2D eigenvalue weighted by Crippen LogP contribution is 1.92. The maximum absolute atomic E-state index is 11.0. The Bertz CT molecular complexity index is 171. The van der Waals surface area contributed by atoms with Crippen LogP contribution in [0.15, 0.2) is 0 Å². The van der Waals surface area contributed by atoms with Crippen LogP contribution < -0.4 is 16.8 Å². The van der Waals surface area contributed by atoms with Gasteiger partial charge in [0.1, 0.15) is 0 Å². The highest BCUT2D eigenvalue weighted by atomic mass is 16.2. The third-order valence-corrected chi connectivity index (χ3v) is 1.55. The molecule has 0 aliphatic rings. The van der Waals surface area contributed by atoms with Crippen LogP contribution in [0.1, 0.15) is 25.7 Å². The second kappa shape index (κ2) is 7.54. The Kier molecular flexibility index (Phi) is 6.91. The van der Waals surface area contributed by atoms with Gasteiger partial charge in [-0.1, -0.05) is 0 Å². The number of primary amides is 1. The molecule has 0 saturated carbocycles. The zero-order chi connectivity index (χ0) is 10.1. The minimum Gasteiger partial charge on any atom is -0.370 e. The number of carbonyl (C=O) groups excluding carboxylic acids is 2. The summed E-state index contributed by atoms with van der Waals surface area (Å²) >= 11 is 0. The van der Waals surface area contributed by atoms with E-state index < -0.39 is 5.91 Å². The average Bonchev–Trinajstić information content (AvgIpc) is 2.04. The molecule has 0 aliphatic heterocycles. The molecule has 0 spiro atoms. The number of unbranched alkanes of at least 4 members (excludes halogenated alkanes) is 1. The van der Waals surface area contributed by atoms with Gasteiger partial charge in [0.2, 0.25) is 11.8 Å². The molecule has 0 aromatic rings. The monoisotopic (exact) mass is 187 g/mol.